The van der Waals surface area contributed by atoms with E-state index < -0.39 is 0 Å². The second-order valence-corrected chi connectivity index (χ2v) is 5.89. The van der Waals surface area contributed by atoms with E-state index in [1.165, 1.54) is 0 Å². The second kappa shape index (κ2) is 6.70. The molecule has 0 aliphatic rings. The molecule has 1 heterocycles. The highest BCUT2D eigenvalue weighted by molar-refractivity contribution is 5.75. The highest BCUT2D eigenvalue weighted by Gasteiger charge is 2.18. The lowest BCUT2D eigenvalue weighted by molar-refractivity contribution is -0.121. The molecular weight excluding hydrogens is 240 g/mol. The van der Waals surface area contributed by atoms with Crippen molar-refractivity contribution in [3.8, 4) is 0 Å². The van der Waals surface area contributed by atoms with Crippen LogP contribution in [0.5, 0.6) is 0 Å². The molecule has 0 unspecified atom stereocenters. The Morgan fingerprint density at radius 2 is 2.16 bits per heavy atom. The van der Waals surface area contributed by atoms with E-state index in [2.05, 4.69) is 24.3 Å². The molecule has 0 radical (unpaired) electrons. The number of hydrogen-bond donors (Lipinski definition) is 2. The van der Waals surface area contributed by atoms with E-state index in [1.807, 2.05) is 20.2 Å². The number of hydrogen-bond acceptors (Lipinski definition) is 3. The molecule has 0 aromatic carbocycles. The maximum absolute atomic E-state index is 11.8. The fraction of sp³-hybridized carbons (Fsp3) is 0.714. The lowest BCUT2D eigenvalue weighted by Gasteiger charge is -2.23. The normalized spacial score (nSPS) is 11.6. The maximum Gasteiger partial charge on any atom is 0.220 e. The molecule has 1 amide bonds. The molecule has 0 atom stereocenters. The molecule has 0 saturated heterocycles. The third-order valence-corrected chi connectivity index (χ3v) is 3.44. The van der Waals surface area contributed by atoms with Crippen molar-refractivity contribution in [1.29, 1.82) is 0 Å². The summed E-state index contributed by atoms with van der Waals surface area (Å²) in [5.74, 6) is 0.0911. The van der Waals surface area contributed by atoms with E-state index in [-0.39, 0.29) is 11.3 Å². The average molecular weight is 266 g/mol. The molecule has 3 N–H and O–H groups in total. The smallest absolute Gasteiger partial charge is 0.220 e. The predicted octanol–water partition coefficient (Wildman–Crippen LogP) is 1.50. The monoisotopic (exact) mass is 266 g/mol. The Hall–Kier alpha value is -1.36. The number of aryl methyl sites for hydroxylation is 2. The number of aromatic nitrogens is 2. The van der Waals surface area contributed by atoms with Crippen LogP contribution in [-0.2, 0) is 18.4 Å². The first-order chi connectivity index (χ1) is 8.84. The summed E-state index contributed by atoms with van der Waals surface area (Å²) >= 11 is 0. The Balaban J connectivity index is 2.34. The van der Waals surface area contributed by atoms with E-state index in [0.717, 1.165) is 24.1 Å². The summed E-state index contributed by atoms with van der Waals surface area (Å²) < 4.78 is 1.77. The summed E-state index contributed by atoms with van der Waals surface area (Å²) in [4.78, 5) is 11.8. The highest BCUT2D eigenvalue weighted by Crippen LogP contribution is 2.25. The van der Waals surface area contributed by atoms with Crippen LogP contribution in [-0.4, -0.2) is 22.2 Å². The van der Waals surface area contributed by atoms with E-state index in [1.54, 1.807) is 4.68 Å². The molecule has 1 aromatic heterocycles. The average Bonchev–Trinajstić information content (AvgIpc) is 2.63. The van der Waals surface area contributed by atoms with Crippen molar-refractivity contribution < 1.29 is 4.79 Å². The van der Waals surface area contributed by atoms with E-state index in [4.69, 9.17) is 5.73 Å². The molecule has 0 saturated carbocycles. The Bertz CT molecular complexity index is 423. The summed E-state index contributed by atoms with van der Waals surface area (Å²) in [5.41, 5.74) is 7.73. The first kappa shape index (κ1) is 15.7. The third kappa shape index (κ3) is 5.42. The van der Waals surface area contributed by atoms with Gasteiger partial charge in [-0.3, -0.25) is 9.48 Å². The molecule has 1 aromatic rings. The van der Waals surface area contributed by atoms with Crippen LogP contribution in [0.3, 0.4) is 0 Å². The van der Waals surface area contributed by atoms with Crippen LogP contribution in [0.2, 0.25) is 0 Å². The van der Waals surface area contributed by atoms with Crippen LogP contribution >= 0.6 is 0 Å². The zero-order valence-corrected chi connectivity index (χ0v) is 12.5. The van der Waals surface area contributed by atoms with Gasteiger partial charge >= 0.3 is 0 Å². The van der Waals surface area contributed by atoms with Crippen molar-refractivity contribution in [1.82, 2.24) is 15.1 Å². The maximum atomic E-state index is 11.8. The molecule has 5 nitrogen and oxygen atoms in total. The largest absolute Gasteiger partial charge is 0.352 e. The Kier molecular flexibility index (Phi) is 5.54. The van der Waals surface area contributed by atoms with Gasteiger partial charge in [0.25, 0.3) is 0 Å². The Morgan fingerprint density at radius 3 is 2.68 bits per heavy atom. The summed E-state index contributed by atoms with van der Waals surface area (Å²) in [7, 11) is 1.88. The van der Waals surface area contributed by atoms with Gasteiger partial charge in [-0.25, -0.2) is 0 Å². The van der Waals surface area contributed by atoms with Gasteiger partial charge in [0, 0.05) is 31.8 Å². The first-order valence-electron chi connectivity index (χ1n) is 6.80. The van der Waals surface area contributed by atoms with Crippen LogP contribution in [0.4, 0.5) is 0 Å². The van der Waals surface area contributed by atoms with Crippen LogP contribution in [0.1, 0.15) is 44.4 Å². The number of amides is 1. The minimum atomic E-state index is 0.0911. The van der Waals surface area contributed by atoms with Crippen molar-refractivity contribution in [3.05, 3.63) is 17.5 Å². The number of carbonyl (C=O) groups is 1. The van der Waals surface area contributed by atoms with Gasteiger partial charge in [0.1, 0.15) is 0 Å². The fourth-order valence-electron chi connectivity index (χ4n) is 2.07. The van der Waals surface area contributed by atoms with E-state index in [9.17, 15) is 4.79 Å². The Labute approximate surface area is 115 Å². The molecule has 19 heavy (non-hydrogen) atoms. The minimum Gasteiger partial charge on any atom is -0.352 e. The lowest BCUT2D eigenvalue weighted by Crippen LogP contribution is -2.25. The molecule has 1 rings (SSSR count). The van der Waals surface area contributed by atoms with Crippen LogP contribution in [0, 0.1) is 12.3 Å². The van der Waals surface area contributed by atoms with Crippen LogP contribution in [0.25, 0.3) is 0 Å². The summed E-state index contributed by atoms with van der Waals surface area (Å²) in [6.45, 7) is 7.47. The molecule has 0 aliphatic heterocycles. The number of nitrogens with two attached hydrogens (primary N) is 1. The number of carbonyl (C=O) groups excluding carboxylic acids is 1. The van der Waals surface area contributed by atoms with Gasteiger partial charge in [0.2, 0.25) is 5.91 Å². The topological polar surface area (TPSA) is 72.9 Å². The molecular formula is C14H26N4O. The summed E-state index contributed by atoms with van der Waals surface area (Å²) in [6.07, 6.45) is 4.30. The molecule has 0 spiro atoms. The summed E-state index contributed by atoms with van der Waals surface area (Å²) in [6, 6.07) is 0. The highest BCUT2D eigenvalue weighted by atomic mass is 16.1. The van der Waals surface area contributed by atoms with Gasteiger partial charge in [-0.15, -0.1) is 0 Å². The first-order valence-corrected chi connectivity index (χ1v) is 6.80. The van der Waals surface area contributed by atoms with E-state index in [0.29, 0.717) is 19.5 Å². The van der Waals surface area contributed by atoms with Crippen molar-refractivity contribution in [2.24, 2.45) is 18.2 Å². The molecule has 5 heteroatoms. The van der Waals surface area contributed by atoms with Crippen LogP contribution < -0.4 is 11.1 Å². The second-order valence-electron chi connectivity index (χ2n) is 5.89. The molecule has 108 valence electrons. The zero-order valence-electron chi connectivity index (χ0n) is 12.5. The lowest BCUT2D eigenvalue weighted by atomic mass is 9.84. The quantitative estimate of drug-likeness (QED) is 0.785. The van der Waals surface area contributed by atoms with E-state index >= 15 is 0 Å². The van der Waals surface area contributed by atoms with Crippen molar-refractivity contribution in [2.45, 2.75) is 46.6 Å². The number of nitrogens with one attached hydrogen (secondary N) is 1. The number of rotatable bonds is 7. The van der Waals surface area contributed by atoms with Gasteiger partial charge in [-0.1, -0.05) is 13.8 Å². The standard InChI is InChI=1S/C14H26N4O/c1-11-12(10-18(4)17-11)9-16-13(19)5-6-14(2,3)7-8-15/h10H,5-9,15H2,1-4H3,(H,16,19). The SMILES string of the molecule is Cc1nn(C)cc1CNC(=O)CCC(C)(C)CCN. The van der Waals surface area contributed by atoms with Crippen molar-refractivity contribution in [3.63, 3.8) is 0 Å². The molecule has 0 fully saturated rings. The van der Waals surface area contributed by atoms with Crippen molar-refractivity contribution >= 4 is 5.91 Å². The zero-order chi connectivity index (χ0) is 14.5. The summed E-state index contributed by atoms with van der Waals surface area (Å²) in [5, 5.41) is 7.19. The molecule has 0 aliphatic carbocycles. The Morgan fingerprint density at radius 1 is 1.47 bits per heavy atom. The predicted molar refractivity (Wildman–Crippen MR) is 76.5 cm³/mol. The fourth-order valence-corrected chi connectivity index (χ4v) is 2.07. The van der Waals surface area contributed by atoms with Crippen LogP contribution in [0.15, 0.2) is 6.20 Å². The van der Waals surface area contributed by atoms with Gasteiger partial charge in [0.05, 0.1) is 5.69 Å². The minimum absolute atomic E-state index is 0.0911. The molecule has 0 bridgehead atoms. The number of nitrogens with zero attached hydrogens (tertiary/aromatic N) is 2. The van der Waals surface area contributed by atoms with Gasteiger partial charge < -0.3 is 11.1 Å². The van der Waals surface area contributed by atoms with Gasteiger partial charge in [0.15, 0.2) is 0 Å². The van der Waals surface area contributed by atoms with Gasteiger partial charge in [-0.05, 0) is 31.7 Å². The van der Waals surface area contributed by atoms with Crippen molar-refractivity contribution in [2.75, 3.05) is 6.54 Å². The van der Waals surface area contributed by atoms with Gasteiger partial charge in [-0.2, -0.15) is 5.10 Å². The third-order valence-electron chi connectivity index (χ3n) is 3.44.